The minimum absolute atomic E-state index is 0.0379. The molecule has 1 saturated heterocycles. The minimum Gasteiger partial charge on any atom is -0.395 e. The van der Waals surface area contributed by atoms with Crippen LogP contribution in [0.1, 0.15) is 60.1 Å². The fourth-order valence-electron chi connectivity index (χ4n) is 5.41. The van der Waals surface area contributed by atoms with Crippen molar-refractivity contribution in [3.63, 3.8) is 0 Å². The van der Waals surface area contributed by atoms with Crippen molar-refractivity contribution < 1.29 is 9.90 Å². The lowest BCUT2D eigenvalue weighted by Crippen LogP contribution is -2.32. The van der Waals surface area contributed by atoms with Crippen LogP contribution in [-0.2, 0) is 6.54 Å². The lowest BCUT2D eigenvalue weighted by Gasteiger charge is -2.21. The Bertz CT molecular complexity index is 1110. The Morgan fingerprint density at radius 2 is 1.91 bits per heavy atom. The fourth-order valence-corrected chi connectivity index (χ4v) is 5.41. The zero-order valence-corrected chi connectivity index (χ0v) is 18.9. The lowest BCUT2D eigenvalue weighted by atomic mass is 9.98. The fraction of sp³-hybridized carbons (Fsp3) is 0.444. The Morgan fingerprint density at radius 3 is 2.72 bits per heavy atom. The van der Waals surface area contributed by atoms with Crippen LogP contribution < -0.4 is 5.32 Å². The number of aliphatic hydroxyl groups is 1. The van der Waals surface area contributed by atoms with E-state index >= 15 is 0 Å². The number of H-pyrrole nitrogens is 1. The topological polar surface area (TPSA) is 68.4 Å². The van der Waals surface area contributed by atoms with E-state index in [0.29, 0.717) is 6.04 Å². The first kappa shape index (κ1) is 21.2. The predicted molar refractivity (Wildman–Crippen MR) is 129 cm³/mol. The molecule has 1 aliphatic heterocycles. The van der Waals surface area contributed by atoms with Crippen molar-refractivity contribution in [2.75, 3.05) is 13.2 Å². The largest absolute Gasteiger partial charge is 0.395 e. The van der Waals surface area contributed by atoms with E-state index in [-0.39, 0.29) is 18.6 Å². The van der Waals surface area contributed by atoms with Crippen molar-refractivity contribution in [2.24, 2.45) is 0 Å². The number of amides is 1. The molecule has 2 heterocycles. The Hall–Kier alpha value is -2.63. The van der Waals surface area contributed by atoms with Crippen LogP contribution in [0, 0.1) is 6.92 Å². The molecule has 2 aliphatic rings. The lowest BCUT2D eigenvalue weighted by molar-refractivity contribution is 0.0938. The van der Waals surface area contributed by atoms with E-state index in [1.54, 1.807) is 0 Å². The highest BCUT2D eigenvalue weighted by Gasteiger charge is 2.24. The van der Waals surface area contributed by atoms with E-state index in [2.05, 4.69) is 52.5 Å². The average molecular weight is 432 g/mol. The van der Waals surface area contributed by atoms with Gasteiger partial charge in [0.25, 0.3) is 5.91 Å². The van der Waals surface area contributed by atoms with Crippen LogP contribution >= 0.6 is 0 Å². The first-order chi connectivity index (χ1) is 15.6. The number of carbonyl (C=O) groups is 1. The molecule has 1 atom stereocenters. The second-order valence-corrected chi connectivity index (χ2v) is 9.59. The molecule has 32 heavy (non-hydrogen) atoms. The van der Waals surface area contributed by atoms with E-state index < -0.39 is 0 Å². The van der Waals surface area contributed by atoms with Crippen LogP contribution in [-0.4, -0.2) is 46.1 Å². The summed E-state index contributed by atoms with van der Waals surface area (Å²) >= 11 is 0. The van der Waals surface area contributed by atoms with Gasteiger partial charge in [-0.2, -0.15) is 0 Å². The van der Waals surface area contributed by atoms with Gasteiger partial charge in [0.1, 0.15) is 0 Å². The normalized spacial score (nSPS) is 19.8. The third-order valence-electron chi connectivity index (χ3n) is 7.12. The van der Waals surface area contributed by atoms with Gasteiger partial charge in [0.15, 0.2) is 0 Å². The molecular weight excluding hydrogens is 398 g/mol. The van der Waals surface area contributed by atoms with Crippen LogP contribution in [0.3, 0.4) is 0 Å². The van der Waals surface area contributed by atoms with Crippen LogP contribution in [0.5, 0.6) is 0 Å². The van der Waals surface area contributed by atoms with Crippen molar-refractivity contribution in [3.8, 4) is 11.1 Å². The molecule has 3 aromatic rings. The zero-order valence-electron chi connectivity index (χ0n) is 18.9. The Morgan fingerprint density at radius 1 is 1.06 bits per heavy atom. The molecule has 5 nitrogen and oxygen atoms in total. The van der Waals surface area contributed by atoms with Gasteiger partial charge in [-0.15, -0.1) is 0 Å². The second kappa shape index (κ2) is 9.08. The van der Waals surface area contributed by atoms with Crippen molar-refractivity contribution >= 4 is 16.8 Å². The summed E-state index contributed by atoms with van der Waals surface area (Å²) in [5, 5.41) is 14.0. The van der Waals surface area contributed by atoms with Crippen molar-refractivity contribution in [2.45, 2.75) is 64.1 Å². The minimum atomic E-state index is 0.0379. The van der Waals surface area contributed by atoms with Crippen LogP contribution in [0.15, 0.2) is 42.5 Å². The quantitative estimate of drug-likeness (QED) is 0.526. The number of hydrogen-bond donors (Lipinski definition) is 3. The van der Waals surface area contributed by atoms with Crippen LogP contribution in [0.25, 0.3) is 22.0 Å². The molecule has 0 spiro atoms. The number of fused-ring (bicyclic) bond motifs is 1. The number of nitrogens with one attached hydrogen (secondary N) is 2. The molecule has 3 N–H and O–H groups in total. The average Bonchev–Trinajstić information content (AvgIpc) is 3.53. The standard InChI is InChI=1S/C27H33N3O2/c1-18-11-20(14-22(12-18)27(32)29-23-5-2-3-6-23)19-8-9-26-21(13-19)15-24(28-26)16-30-10-4-7-25(30)17-31/h8-9,11-15,23,25,28,31H,2-7,10,16-17H2,1H3,(H,29,32)/t25-/m1/s1. The van der Waals surface area contributed by atoms with E-state index in [9.17, 15) is 9.90 Å². The van der Waals surface area contributed by atoms with Gasteiger partial charge in [-0.05, 0) is 86.2 Å². The molecule has 2 fully saturated rings. The number of nitrogens with zero attached hydrogens (tertiary/aromatic N) is 1. The van der Waals surface area contributed by atoms with Crippen molar-refractivity contribution in [3.05, 3.63) is 59.3 Å². The number of aryl methyl sites for hydroxylation is 1. The summed E-state index contributed by atoms with van der Waals surface area (Å²) < 4.78 is 0. The van der Waals surface area contributed by atoms with Crippen molar-refractivity contribution in [1.29, 1.82) is 0 Å². The van der Waals surface area contributed by atoms with Gasteiger partial charge in [0.05, 0.1) is 6.61 Å². The zero-order chi connectivity index (χ0) is 22.1. The molecule has 0 radical (unpaired) electrons. The molecule has 5 heteroatoms. The van der Waals surface area contributed by atoms with E-state index in [1.807, 2.05) is 12.1 Å². The number of benzene rings is 2. The molecule has 0 unspecified atom stereocenters. The van der Waals surface area contributed by atoms with Gasteiger partial charge >= 0.3 is 0 Å². The van der Waals surface area contributed by atoms with Gasteiger partial charge in [-0.25, -0.2) is 0 Å². The number of carbonyl (C=O) groups excluding carboxylic acids is 1. The second-order valence-electron chi connectivity index (χ2n) is 9.59. The molecule has 168 valence electrons. The third kappa shape index (κ3) is 4.45. The molecule has 1 aliphatic carbocycles. The Balaban J connectivity index is 1.38. The summed E-state index contributed by atoms with van der Waals surface area (Å²) in [5.41, 5.74) is 6.33. The molecule has 5 rings (SSSR count). The number of aliphatic hydroxyl groups excluding tert-OH is 1. The highest BCUT2D eigenvalue weighted by molar-refractivity contribution is 5.96. The molecule has 1 saturated carbocycles. The first-order valence-electron chi connectivity index (χ1n) is 12.0. The molecular formula is C27H33N3O2. The SMILES string of the molecule is Cc1cc(C(=O)NC2CCCC2)cc(-c2ccc3[nH]c(CN4CCC[C@@H]4CO)cc3c2)c1. The number of hydrogen-bond acceptors (Lipinski definition) is 3. The maximum Gasteiger partial charge on any atom is 0.251 e. The summed E-state index contributed by atoms with van der Waals surface area (Å²) in [5.74, 6) is 0.0379. The highest BCUT2D eigenvalue weighted by atomic mass is 16.3. The van der Waals surface area contributed by atoms with Gasteiger partial charge in [-0.1, -0.05) is 25.0 Å². The van der Waals surface area contributed by atoms with E-state index in [1.165, 1.54) is 23.9 Å². The number of aromatic amines is 1. The monoisotopic (exact) mass is 431 g/mol. The smallest absolute Gasteiger partial charge is 0.251 e. The van der Waals surface area contributed by atoms with Gasteiger partial charge < -0.3 is 15.4 Å². The maximum atomic E-state index is 12.8. The van der Waals surface area contributed by atoms with E-state index in [4.69, 9.17) is 0 Å². The van der Waals surface area contributed by atoms with Crippen LogP contribution in [0.2, 0.25) is 0 Å². The number of rotatable bonds is 6. The first-order valence-corrected chi connectivity index (χ1v) is 12.0. The summed E-state index contributed by atoms with van der Waals surface area (Å²) in [6.07, 6.45) is 6.83. The summed E-state index contributed by atoms with van der Waals surface area (Å²) in [6, 6.07) is 15.4. The third-order valence-corrected chi connectivity index (χ3v) is 7.12. The summed E-state index contributed by atoms with van der Waals surface area (Å²) in [7, 11) is 0. The maximum absolute atomic E-state index is 12.8. The molecule has 1 amide bonds. The summed E-state index contributed by atoms with van der Waals surface area (Å²) in [6.45, 7) is 4.16. The number of aromatic nitrogens is 1. The predicted octanol–water partition coefficient (Wildman–Crippen LogP) is 4.77. The van der Waals surface area contributed by atoms with Gasteiger partial charge in [0.2, 0.25) is 0 Å². The van der Waals surface area contributed by atoms with Gasteiger partial charge in [0, 0.05) is 40.8 Å². The number of likely N-dealkylation sites (tertiary alicyclic amines) is 1. The molecule has 2 aromatic carbocycles. The van der Waals surface area contributed by atoms with Gasteiger partial charge in [-0.3, -0.25) is 9.69 Å². The Kier molecular flexibility index (Phi) is 6.03. The summed E-state index contributed by atoms with van der Waals surface area (Å²) in [4.78, 5) is 18.7. The van der Waals surface area contributed by atoms with E-state index in [0.717, 1.165) is 66.5 Å². The van der Waals surface area contributed by atoms with Crippen LogP contribution in [0.4, 0.5) is 0 Å². The highest BCUT2D eigenvalue weighted by Crippen LogP contribution is 2.28. The molecule has 0 bridgehead atoms. The van der Waals surface area contributed by atoms with Crippen molar-refractivity contribution in [1.82, 2.24) is 15.2 Å². The molecule has 1 aromatic heterocycles. The Labute approximate surface area is 189 Å².